The summed E-state index contributed by atoms with van der Waals surface area (Å²) in [5.41, 5.74) is 3.45. The first-order chi connectivity index (χ1) is 13.5. The molecule has 1 saturated heterocycles. The molecule has 0 spiro atoms. The highest BCUT2D eigenvalue weighted by Crippen LogP contribution is 2.39. The Morgan fingerprint density at radius 3 is 1.97 bits per heavy atom. The molecule has 2 rings (SSSR count). The summed E-state index contributed by atoms with van der Waals surface area (Å²) in [6.45, 7) is 14.0. The minimum atomic E-state index is -2.64. The van der Waals surface area contributed by atoms with Crippen molar-refractivity contribution in [1.29, 1.82) is 0 Å². The van der Waals surface area contributed by atoms with Gasteiger partial charge in [0.25, 0.3) is 0 Å². The van der Waals surface area contributed by atoms with Gasteiger partial charge in [-0.25, -0.2) is 13.6 Å². The van der Waals surface area contributed by atoms with Gasteiger partial charge < -0.3 is 19.8 Å². The van der Waals surface area contributed by atoms with Crippen molar-refractivity contribution in [2.24, 2.45) is 11.1 Å². The Hall–Kier alpha value is -1.51. The van der Waals surface area contributed by atoms with Crippen LogP contribution in [-0.2, 0) is 24.4 Å². The third-order valence-electron chi connectivity index (χ3n) is 5.98. The van der Waals surface area contributed by atoms with Crippen molar-refractivity contribution in [1.82, 2.24) is 0 Å². The van der Waals surface area contributed by atoms with Crippen LogP contribution >= 0.6 is 0 Å². The predicted molar refractivity (Wildman–Crippen MR) is 114 cm³/mol. The van der Waals surface area contributed by atoms with Crippen LogP contribution in [0.2, 0.25) is 0 Å². The van der Waals surface area contributed by atoms with E-state index >= 15 is 0 Å². The molecular formula is C22H34BF2NO4. The van der Waals surface area contributed by atoms with Crippen LogP contribution in [0.4, 0.5) is 8.78 Å². The molecule has 1 atom stereocenters. The van der Waals surface area contributed by atoms with Gasteiger partial charge in [0.15, 0.2) is 0 Å². The molecule has 1 fully saturated rings. The molecule has 0 bridgehead atoms. The summed E-state index contributed by atoms with van der Waals surface area (Å²) >= 11 is 0. The zero-order valence-corrected chi connectivity index (χ0v) is 19.2. The number of esters is 1. The maximum absolute atomic E-state index is 13.6. The largest absolute Gasteiger partial charge is 0.494 e. The fourth-order valence-corrected chi connectivity index (χ4v) is 3.32. The minimum absolute atomic E-state index is 0.265. The van der Waals surface area contributed by atoms with E-state index in [1.54, 1.807) is 38.1 Å². The van der Waals surface area contributed by atoms with Crippen molar-refractivity contribution >= 4 is 18.6 Å². The van der Waals surface area contributed by atoms with Gasteiger partial charge in [0, 0.05) is 5.41 Å². The van der Waals surface area contributed by atoms with Crippen molar-refractivity contribution in [2.45, 2.75) is 91.1 Å². The molecule has 8 heteroatoms. The Bertz CT molecular complexity index is 749. The molecule has 2 N–H and O–H groups in total. The summed E-state index contributed by atoms with van der Waals surface area (Å²) < 4.78 is 44.5. The molecule has 0 aliphatic carbocycles. The lowest BCUT2D eigenvalue weighted by atomic mass is 9.73. The molecule has 30 heavy (non-hydrogen) atoms. The van der Waals surface area contributed by atoms with Gasteiger partial charge in [-0.2, -0.15) is 0 Å². The average molecular weight is 425 g/mol. The van der Waals surface area contributed by atoms with E-state index in [9.17, 15) is 13.6 Å². The second-order valence-corrected chi connectivity index (χ2v) is 10.1. The number of benzene rings is 1. The molecule has 0 amide bonds. The van der Waals surface area contributed by atoms with Crippen LogP contribution < -0.4 is 11.2 Å². The Labute approximate surface area is 178 Å². The van der Waals surface area contributed by atoms with Gasteiger partial charge in [0.05, 0.1) is 17.3 Å². The highest BCUT2D eigenvalue weighted by atomic mass is 19.3. The zero-order chi connectivity index (χ0) is 23.1. The van der Waals surface area contributed by atoms with E-state index in [-0.39, 0.29) is 6.42 Å². The number of rotatable bonds is 7. The molecule has 1 heterocycles. The highest BCUT2D eigenvalue weighted by Gasteiger charge is 2.52. The fraction of sp³-hybridized carbons (Fsp3) is 0.682. The minimum Gasteiger partial charge on any atom is -0.461 e. The molecule has 5 nitrogen and oxygen atoms in total. The van der Waals surface area contributed by atoms with Gasteiger partial charge in [0.2, 0.25) is 6.43 Å². The van der Waals surface area contributed by atoms with Crippen LogP contribution in [0.15, 0.2) is 24.3 Å². The van der Waals surface area contributed by atoms with E-state index in [2.05, 4.69) is 0 Å². The monoisotopic (exact) mass is 425 g/mol. The number of nitrogens with two attached hydrogens (primary N) is 1. The van der Waals surface area contributed by atoms with Gasteiger partial charge in [-0.3, -0.25) is 0 Å². The second kappa shape index (κ2) is 8.21. The number of carbonyl (C=O) groups is 1. The summed E-state index contributed by atoms with van der Waals surface area (Å²) in [6, 6.07) is 6.81. The molecule has 1 aliphatic heterocycles. The third kappa shape index (κ3) is 4.87. The Kier molecular flexibility index (Phi) is 6.77. The first kappa shape index (κ1) is 24.8. The van der Waals surface area contributed by atoms with E-state index in [1.807, 2.05) is 27.7 Å². The fourth-order valence-electron chi connectivity index (χ4n) is 3.32. The van der Waals surface area contributed by atoms with Crippen molar-refractivity contribution in [3.63, 3.8) is 0 Å². The molecule has 0 radical (unpaired) electrons. The second-order valence-electron chi connectivity index (χ2n) is 10.1. The number of halogens is 2. The van der Waals surface area contributed by atoms with Gasteiger partial charge >= 0.3 is 13.1 Å². The number of ether oxygens (including phenoxy) is 1. The number of hydrogen-bond acceptors (Lipinski definition) is 5. The topological polar surface area (TPSA) is 70.8 Å². The van der Waals surface area contributed by atoms with Crippen LogP contribution in [-0.4, -0.2) is 36.8 Å². The predicted octanol–water partition coefficient (Wildman–Crippen LogP) is 3.77. The van der Waals surface area contributed by atoms with Gasteiger partial charge in [-0.1, -0.05) is 38.1 Å². The molecule has 0 aromatic heterocycles. The Balaban J connectivity index is 2.37. The highest BCUT2D eigenvalue weighted by molar-refractivity contribution is 6.62. The van der Waals surface area contributed by atoms with Crippen LogP contribution in [0.25, 0.3) is 0 Å². The smallest absolute Gasteiger partial charge is 0.461 e. The number of alkyl halides is 2. The molecule has 168 valence electrons. The van der Waals surface area contributed by atoms with Crippen LogP contribution in [0.1, 0.15) is 67.4 Å². The van der Waals surface area contributed by atoms with Crippen molar-refractivity contribution in [2.75, 3.05) is 0 Å². The zero-order valence-electron chi connectivity index (χ0n) is 19.2. The quantitative estimate of drug-likeness (QED) is 0.532. The number of hydrogen-bond donors (Lipinski definition) is 1. The maximum atomic E-state index is 13.6. The van der Waals surface area contributed by atoms with Crippen LogP contribution in [0.3, 0.4) is 0 Å². The first-order valence-electron chi connectivity index (χ1n) is 10.3. The Morgan fingerprint density at radius 2 is 1.57 bits per heavy atom. The van der Waals surface area contributed by atoms with E-state index in [0.29, 0.717) is 5.56 Å². The summed E-state index contributed by atoms with van der Waals surface area (Å²) in [4.78, 5) is 12.8. The molecule has 1 unspecified atom stereocenters. The summed E-state index contributed by atoms with van der Waals surface area (Å²) in [5, 5.41) is 0. The number of carbonyl (C=O) groups excluding carboxylic acids is 1. The van der Waals surface area contributed by atoms with E-state index in [4.69, 9.17) is 19.8 Å². The normalized spacial score (nSPS) is 20.5. The summed E-state index contributed by atoms with van der Waals surface area (Å²) in [5.74, 6) is -0.727. The van der Waals surface area contributed by atoms with E-state index < -0.39 is 47.8 Å². The van der Waals surface area contributed by atoms with E-state index in [1.165, 1.54) is 13.8 Å². The molecule has 1 aliphatic rings. The third-order valence-corrected chi connectivity index (χ3v) is 5.98. The summed E-state index contributed by atoms with van der Waals surface area (Å²) in [7, 11) is -0.573. The first-order valence-corrected chi connectivity index (χ1v) is 10.3. The van der Waals surface area contributed by atoms with Crippen LogP contribution in [0, 0.1) is 5.41 Å². The average Bonchev–Trinajstić information content (AvgIpc) is 2.81. The van der Waals surface area contributed by atoms with Crippen molar-refractivity contribution < 1.29 is 27.6 Å². The maximum Gasteiger partial charge on any atom is 0.494 e. The van der Waals surface area contributed by atoms with Crippen molar-refractivity contribution in [3.05, 3.63) is 29.8 Å². The van der Waals surface area contributed by atoms with Crippen LogP contribution in [0.5, 0.6) is 0 Å². The lowest BCUT2D eigenvalue weighted by molar-refractivity contribution is -0.157. The molecular weight excluding hydrogens is 391 g/mol. The molecule has 0 saturated carbocycles. The molecule has 1 aromatic carbocycles. The molecule has 1 aromatic rings. The summed E-state index contributed by atoms with van der Waals surface area (Å²) in [6.07, 6.45) is -3.32. The van der Waals surface area contributed by atoms with Crippen molar-refractivity contribution in [3.8, 4) is 0 Å². The van der Waals surface area contributed by atoms with Gasteiger partial charge in [-0.15, -0.1) is 0 Å². The lowest BCUT2D eigenvalue weighted by Crippen LogP contribution is -2.51. The lowest BCUT2D eigenvalue weighted by Gasteiger charge is -2.36. The van der Waals surface area contributed by atoms with E-state index in [0.717, 1.165) is 5.46 Å². The Morgan fingerprint density at radius 1 is 1.10 bits per heavy atom. The van der Waals surface area contributed by atoms with Gasteiger partial charge in [-0.05, 0) is 59.0 Å². The van der Waals surface area contributed by atoms with Gasteiger partial charge in [0.1, 0.15) is 5.54 Å². The SMILES string of the molecule is CC(C)OC(=O)C(N)(CC(C)(C)C(F)F)c1ccc(B2OC(C)(C)C(C)(C)O2)cc1. The standard InChI is InChI=1S/C22H34BF2NO4/c1-14(2)28-18(27)22(26,13-19(3,4)17(24)25)15-9-11-16(12-10-15)23-29-20(5,6)21(7,8)30-23/h9-12,14,17H,13,26H2,1-8H3.